The Morgan fingerprint density at radius 3 is 2.25 bits per heavy atom. The van der Waals surface area contributed by atoms with Crippen LogP contribution < -0.4 is 11.1 Å². The monoisotopic (exact) mass is 252 g/mol. The smallest absolute Gasteiger partial charge is 0.0661 e. The highest BCUT2D eigenvalue weighted by Gasteiger charge is 2.03. The molecule has 0 aliphatic heterocycles. The summed E-state index contributed by atoms with van der Waals surface area (Å²) in [7, 11) is 0. The van der Waals surface area contributed by atoms with Crippen LogP contribution >= 0.6 is 23.2 Å². The summed E-state index contributed by atoms with van der Waals surface area (Å²) in [5, 5.41) is 4.37. The van der Waals surface area contributed by atoms with Crippen LogP contribution in [-0.2, 0) is 0 Å². The maximum Gasteiger partial charge on any atom is 0.0661 e. The summed E-state index contributed by atoms with van der Waals surface area (Å²) in [6.45, 7) is 0. The molecule has 0 aliphatic carbocycles. The molecule has 0 saturated heterocycles. The maximum atomic E-state index is 6.05. The van der Waals surface area contributed by atoms with Crippen molar-refractivity contribution in [2.24, 2.45) is 0 Å². The maximum absolute atomic E-state index is 6.05. The van der Waals surface area contributed by atoms with E-state index in [4.69, 9.17) is 28.9 Å². The third-order valence-corrected chi connectivity index (χ3v) is 2.78. The van der Waals surface area contributed by atoms with Gasteiger partial charge < -0.3 is 11.1 Å². The number of anilines is 3. The van der Waals surface area contributed by atoms with Crippen molar-refractivity contribution in [3.05, 3.63) is 52.5 Å². The van der Waals surface area contributed by atoms with Crippen LogP contribution in [0.15, 0.2) is 42.5 Å². The van der Waals surface area contributed by atoms with Crippen LogP contribution in [0.3, 0.4) is 0 Å². The van der Waals surface area contributed by atoms with Gasteiger partial charge in [0.25, 0.3) is 0 Å². The molecule has 0 aliphatic rings. The molecule has 0 fully saturated rings. The number of rotatable bonds is 2. The molecule has 3 N–H and O–H groups in total. The van der Waals surface area contributed by atoms with Gasteiger partial charge in [-0.1, -0.05) is 35.3 Å². The molecule has 0 saturated carbocycles. The van der Waals surface area contributed by atoms with E-state index < -0.39 is 0 Å². The van der Waals surface area contributed by atoms with E-state index in [0.29, 0.717) is 15.7 Å². The van der Waals surface area contributed by atoms with Crippen LogP contribution in [0.1, 0.15) is 0 Å². The Morgan fingerprint density at radius 1 is 0.875 bits per heavy atom. The standard InChI is InChI=1S/C12H10Cl2N2/c13-9-3-1-2-4-11(9)16-12-6-5-8(15)7-10(12)14/h1-7,16H,15H2. The summed E-state index contributed by atoms with van der Waals surface area (Å²) in [6, 6.07) is 12.8. The minimum atomic E-state index is 0.569. The van der Waals surface area contributed by atoms with Crippen LogP contribution in [0, 0.1) is 0 Å². The molecular formula is C12H10Cl2N2. The molecule has 0 bridgehead atoms. The average Bonchev–Trinajstić information content (AvgIpc) is 2.25. The van der Waals surface area contributed by atoms with E-state index in [-0.39, 0.29) is 0 Å². The van der Waals surface area contributed by atoms with Crippen LogP contribution in [0.25, 0.3) is 0 Å². The van der Waals surface area contributed by atoms with Gasteiger partial charge >= 0.3 is 0 Å². The van der Waals surface area contributed by atoms with Gasteiger partial charge in [0.2, 0.25) is 0 Å². The van der Waals surface area contributed by atoms with Crippen LogP contribution in [0.4, 0.5) is 17.1 Å². The molecule has 0 spiro atoms. The zero-order valence-electron chi connectivity index (χ0n) is 8.37. The van der Waals surface area contributed by atoms with Crippen molar-refractivity contribution in [2.45, 2.75) is 0 Å². The first kappa shape index (κ1) is 11.1. The Hall–Kier alpha value is -1.38. The van der Waals surface area contributed by atoms with Crippen molar-refractivity contribution in [1.82, 2.24) is 0 Å². The zero-order valence-corrected chi connectivity index (χ0v) is 9.89. The molecule has 0 aromatic heterocycles. The van der Waals surface area contributed by atoms with Crippen LogP contribution in [0.2, 0.25) is 10.0 Å². The average molecular weight is 253 g/mol. The topological polar surface area (TPSA) is 38.0 Å². The van der Waals surface area contributed by atoms with Crippen LogP contribution in [-0.4, -0.2) is 0 Å². The number of para-hydroxylation sites is 1. The fourth-order valence-electron chi connectivity index (χ4n) is 1.34. The predicted molar refractivity (Wildman–Crippen MR) is 70.6 cm³/mol. The Bertz CT molecular complexity index is 512. The number of nitrogens with one attached hydrogen (secondary N) is 1. The van der Waals surface area contributed by atoms with Crippen molar-refractivity contribution in [3.63, 3.8) is 0 Å². The number of benzene rings is 2. The molecule has 4 heteroatoms. The second-order valence-corrected chi connectivity index (χ2v) is 4.16. The van der Waals surface area contributed by atoms with Gasteiger partial charge in [-0.05, 0) is 30.3 Å². The quantitative estimate of drug-likeness (QED) is 0.782. The molecule has 0 atom stereocenters. The van der Waals surface area contributed by atoms with Crippen molar-refractivity contribution in [3.8, 4) is 0 Å². The minimum Gasteiger partial charge on any atom is -0.399 e. The summed E-state index contributed by atoms with van der Waals surface area (Å²) >= 11 is 12.1. The number of nitrogen functional groups attached to an aromatic ring is 1. The first-order chi connectivity index (χ1) is 7.66. The summed E-state index contributed by atoms with van der Waals surface area (Å²) < 4.78 is 0. The lowest BCUT2D eigenvalue weighted by Crippen LogP contribution is -1.93. The van der Waals surface area contributed by atoms with Gasteiger partial charge in [-0.15, -0.1) is 0 Å². The van der Waals surface area contributed by atoms with E-state index in [0.717, 1.165) is 11.4 Å². The zero-order chi connectivity index (χ0) is 11.5. The lowest BCUT2D eigenvalue weighted by Gasteiger charge is -2.10. The van der Waals surface area contributed by atoms with Gasteiger partial charge in [-0.2, -0.15) is 0 Å². The molecule has 16 heavy (non-hydrogen) atoms. The molecule has 2 aromatic carbocycles. The number of nitrogens with two attached hydrogens (primary N) is 1. The van der Waals surface area contributed by atoms with Crippen molar-refractivity contribution >= 4 is 40.3 Å². The van der Waals surface area contributed by atoms with E-state index in [2.05, 4.69) is 5.32 Å². The highest BCUT2D eigenvalue weighted by atomic mass is 35.5. The third-order valence-electron chi connectivity index (χ3n) is 2.14. The summed E-state index contributed by atoms with van der Waals surface area (Å²) in [6.07, 6.45) is 0. The van der Waals surface area contributed by atoms with E-state index in [1.807, 2.05) is 30.3 Å². The van der Waals surface area contributed by atoms with Gasteiger partial charge in [-0.25, -0.2) is 0 Å². The summed E-state index contributed by atoms with van der Waals surface area (Å²) in [5.41, 5.74) is 7.84. The highest BCUT2D eigenvalue weighted by Crippen LogP contribution is 2.30. The van der Waals surface area contributed by atoms with Gasteiger partial charge in [0.05, 0.1) is 21.4 Å². The summed E-state index contributed by atoms with van der Waals surface area (Å²) in [4.78, 5) is 0. The van der Waals surface area contributed by atoms with E-state index in [9.17, 15) is 0 Å². The van der Waals surface area contributed by atoms with Gasteiger partial charge in [0.15, 0.2) is 0 Å². The number of hydrogen-bond acceptors (Lipinski definition) is 2. The Kier molecular flexibility index (Phi) is 3.22. The third kappa shape index (κ3) is 2.40. The number of halogens is 2. The predicted octanol–water partition coefficient (Wildman–Crippen LogP) is 4.32. The minimum absolute atomic E-state index is 0.569. The molecule has 82 valence electrons. The largest absolute Gasteiger partial charge is 0.399 e. The van der Waals surface area contributed by atoms with E-state index in [1.54, 1.807) is 12.1 Å². The van der Waals surface area contributed by atoms with E-state index >= 15 is 0 Å². The second-order valence-electron chi connectivity index (χ2n) is 3.34. The molecule has 0 unspecified atom stereocenters. The fourth-order valence-corrected chi connectivity index (χ4v) is 1.76. The first-order valence-electron chi connectivity index (χ1n) is 4.73. The Labute approximate surface area is 104 Å². The fraction of sp³-hybridized carbons (Fsp3) is 0. The van der Waals surface area contributed by atoms with Crippen molar-refractivity contribution < 1.29 is 0 Å². The Morgan fingerprint density at radius 2 is 1.56 bits per heavy atom. The lowest BCUT2D eigenvalue weighted by atomic mass is 10.2. The van der Waals surface area contributed by atoms with Gasteiger partial charge in [-0.3, -0.25) is 0 Å². The molecule has 2 aromatic rings. The molecule has 2 rings (SSSR count). The van der Waals surface area contributed by atoms with Gasteiger partial charge in [0.1, 0.15) is 0 Å². The van der Waals surface area contributed by atoms with Crippen molar-refractivity contribution in [1.29, 1.82) is 0 Å². The first-order valence-corrected chi connectivity index (χ1v) is 5.49. The van der Waals surface area contributed by atoms with Gasteiger partial charge in [0, 0.05) is 5.69 Å². The molecule has 0 radical (unpaired) electrons. The lowest BCUT2D eigenvalue weighted by molar-refractivity contribution is 1.55. The second kappa shape index (κ2) is 4.64. The number of hydrogen-bond donors (Lipinski definition) is 2. The van der Waals surface area contributed by atoms with E-state index in [1.165, 1.54) is 0 Å². The molecule has 0 heterocycles. The summed E-state index contributed by atoms with van der Waals surface area (Å²) in [5.74, 6) is 0. The van der Waals surface area contributed by atoms with Crippen LogP contribution in [0.5, 0.6) is 0 Å². The van der Waals surface area contributed by atoms with Crippen molar-refractivity contribution in [2.75, 3.05) is 11.1 Å². The highest BCUT2D eigenvalue weighted by molar-refractivity contribution is 6.35. The SMILES string of the molecule is Nc1ccc(Nc2ccccc2Cl)c(Cl)c1. The molecular weight excluding hydrogens is 243 g/mol. The normalized spacial score (nSPS) is 10.1. The molecule has 2 nitrogen and oxygen atoms in total. The molecule has 0 amide bonds. The Balaban J connectivity index is 2.31.